The molecule has 0 aliphatic carbocycles. The van der Waals surface area contributed by atoms with Crippen molar-refractivity contribution in [1.29, 1.82) is 0 Å². The molecule has 1 heterocycles. The first-order valence-electron chi connectivity index (χ1n) is 9.28. The lowest BCUT2D eigenvalue weighted by molar-refractivity contribution is -0.132. The van der Waals surface area contributed by atoms with E-state index in [4.69, 9.17) is 15.6 Å². The third-order valence-corrected chi connectivity index (χ3v) is 4.69. The average molecular weight is 378 g/mol. The van der Waals surface area contributed by atoms with Crippen LogP contribution in [-0.2, 0) is 16.1 Å². The molecule has 0 radical (unpaired) electrons. The lowest BCUT2D eigenvalue weighted by Crippen LogP contribution is -2.33. The van der Waals surface area contributed by atoms with Crippen molar-refractivity contribution >= 4 is 5.91 Å². The second kappa shape index (κ2) is 9.30. The van der Waals surface area contributed by atoms with Crippen LogP contribution in [0.1, 0.15) is 12.0 Å². The zero-order valence-electron chi connectivity index (χ0n) is 16.3. The van der Waals surface area contributed by atoms with E-state index in [0.717, 1.165) is 22.5 Å². The summed E-state index contributed by atoms with van der Waals surface area (Å²) >= 11 is 0. The minimum absolute atomic E-state index is 0.0104. The minimum Gasteiger partial charge on any atom is -0.380 e. The van der Waals surface area contributed by atoms with Crippen LogP contribution in [0.3, 0.4) is 0 Å². The molecular formula is C22H26N4O2. The maximum Gasteiger partial charge on any atom is 0.225 e. The Bertz CT molecular complexity index is 889. The topological polar surface area (TPSA) is 73.4 Å². The summed E-state index contributed by atoms with van der Waals surface area (Å²) in [5, 5.41) is 4.79. The molecule has 0 bridgehead atoms. The van der Waals surface area contributed by atoms with E-state index in [1.807, 2.05) is 71.5 Å². The number of nitrogens with two attached hydrogens (primary N) is 1. The van der Waals surface area contributed by atoms with Gasteiger partial charge in [0.1, 0.15) is 0 Å². The molecule has 0 aliphatic heterocycles. The van der Waals surface area contributed by atoms with Crippen molar-refractivity contribution in [2.24, 2.45) is 5.73 Å². The Labute approximate surface area is 165 Å². The molecule has 0 saturated heterocycles. The smallest absolute Gasteiger partial charge is 0.225 e. The van der Waals surface area contributed by atoms with Crippen LogP contribution < -0.4 is 5.73 Å². The van der Waals surface area contributed by atoms with Crippen molar-refractivity contribution in [3.8, 4) is 16.9 Å². The van der Waals surface area contributed by atoms with Crippen molar-refractivity contribution < 1.29 is 9.53 Å². The summed E-state index contributed by atoms with van der Waals surface area (Å²) in [4.78, 5) is 14.3. The molecule has 6 nitrogen and oxygen atoms in total. The van der Waals surface area contributed by atoms with Gasteiger partial charge >= 0.3 is 0 Å². The van der Waals surface area contributed by atoms with Gasteiger partial charge < -0.3 is 15.4 Å². The van der Waals surface area contributed by atoms with Crippen LogP contribution in [0.4, 0.5) is 0 Å². The lowest BCUT2D eigenvalue weighted by atomic mass is 10.1. The van der Waals surface area contributed by atoms with E-state index < -0.39 is 0 Å². The number of rotatable bonds is 8. The standard InChI is InChI=1S/C22H26N4O2/c1-25(21(27)13-20(14-23)28-2)15-18-16-26(19-11-7-4-8-12-19)24-22(18)17-9-5-3-6-10-17/h3-12,16,20H,13-15,23H2,1-2H3. The summed E-state index contributed by atoms with van der Waals surface area (Å²) in [6, 6.07) is 19.9. The molecule has 2 aromatic carbocycles. The molecule has 1 aromatic heterocycles. The Morgan fingerprint density at radius 2 is 1.79 bits per heavy atom. The van der Waals surface area contributed by atoms with Gasteiger partial charge in [-0.15, -0.1) is 0 Å². The van der Waals surface area contributed by atoms with E-state index in [1.165, 1.54) is 0 Å². The van der Waals surface area contributed by atoms with Crippen LogP contribution in [0.2, 0.25) is 0 Å². The lowest BCUT2D eigenvalue weighted by Gasteiger charge is -2.20. The number of methoxy groups -OCH3 is 1. The Hall–Kier alpha value is -2.96. The van der Waals surface area contributed by atoms with Crippen LogP contribution in [-0.4, -0.2) is 47.4 Å². The third kappa shape index (κ3) is 4.65. The van der Waals surface area contributed by atoms with Crippen molar-refractivity contribution in [3.63, 3.8) is 0 Å². The first kappa shape index (κ1) is 19.8. The molecule has 0 aliphatic rings. The maximum atomic E-state index is 12.6. The highest BCUT2D eigenvalue weighted by atomic mass is 16.5. The monoisotopic (exact) mass is 378 g/mol. The summed E-state index contributed by atoms with van der Waals surface area (Å²) in [7, 11) is 3.36. The Balaban J connectivity index is 1.88. The second-order valence-electron chi connectivity index (χ2n) is 6.70. The number of aromatic nitrogens is 2. The number of hydrogen-bond donors (Lipinski definition) is 1. The highest BCUT2D eigenvalue weighted by molar-refractivity contribution is 5.77. The summed E-state index contributed by atoms with van der Waals surface area (Å²) in [6.07, 6.45) is 1.98. The number of benzene rings is 2. The number of para-hydroxylation sites is 1. The highest BCUT2D eigenvalue weighted by Crippen LogP contribution is 2.24. The minimum atomic E-state index is -0.268. The summed E-state index contributed by atoms with van der Waals surface area (Å²) in [6.45, 7) is 0.772. The fourth-order valence-electron chi connectivity index (χ4n) is 3.03. The van der Waals surface area contributed by atoms with Crippen LogP contribution in [0.5, 0.6) is 0 Å². The zero-order valence-corrected chi connectivity index (χ0v) is 16.3. The summed E-state index contributed by atoms with van der Waals surface area (Å²) in [5.74, 6) is -0.0104. The van der Waals surface area contributed by atoms with E-state index in [9.17, 15) is 4.79 Å². The van der Waals surface area contributed by atoms with Gasteiger partial charge in [-0.2, -0.15) is 5.10 Å². The first-order chi connectivity index (χ1) is 13.6. The van der Waals surface area contributed by atoms with Crippen LogP contribution in [0.15, 0.2) is 66.9 Å². The molecule has 146 valence electrons. The van der Waals surface area contributed by atoms with Gasteiger partial charge in [-0.1, -0.05) is 48.5 Å². The predicted molar refractivity (Wildman–Crippen MR) is 110 cm³/mol. The fraction of sp³-hybridized carbons (Fsp3) is 0.273. The Kier molecular flexibility index (Phi) is 6.57. The van der Waals surface area contributed by atoms with Gasteiger partial charge in [-0.3, -0.25) is 4.79 Å². The molecule has 0 spiro atoms. The van der Waals surface area contributed by atoms with Crippen molar-refractivity contribution in [2.75, 3.05) is 20.7 Å². The number of carbonyl (C=O) groups excluding carboxylic acids is 1. The molecule has 3 rings (SSSR count). The van der Waals surface area contributed by atoms with E-state index in [0.29, 0.717) is 13.1 Å². The van der Waals surface area contributed by atoms with Gasteiger partial charge in [0.05, 0.1) is 23.9 Å². The van der Waals surface area contributed by atoms with Gasteiger partial charge in [-0.05, 0) is 12.1 Å². The molecule has 1 amide bonds. The van der Waals surface area contributed by atoms with Gasteiger partial charge in [0.2, 0.25) is 5.91 Å². The van der Waals surface area contributed by atoms with Gasteiger partial charge in [0.25, 0.3) is 0 Å². The molecule has 3 aromatic rings. The van der Waals surface area contributed by atoms with Crippen molar-refractivity contribution in [3.05, 3.63) is 72.4 Å². The van der Waals surface area contributed by atoms with Crippen molar-refractivity contribution in [1.82, 2.24) is 14.7 Å². The Morgan fingerprint density at radius 3 is 2.39 bits per heavy atom. The van der Waals surface area contributed by atoms with Crippen molar-refractivity contribution in [2.45, 2.75) is 19.1 Å². The van der Waals surface area contributed by atoms with Gasteiger partial charge in [-0.25, -0.2) is 4.68 Å². The van der Waals surface area contributed by atoms with Gasteiger partial charge in [0.15, 0.2) is 0 Å². The number of hydrogen-bond acceptors (Lipinski definition) is 4. The molecule has 28 heavy (non-hydrogen) atoms. The summed E-state index contributed by atoms with van der Waals surface area (Å²) < 4.78 is 7.09. The number of amides is 1. The van der Waals surface area contributed by atoms with E-state index in [-0.39, 0.29) is 18.4 Å². The zero-order chi connectivity index (χ0) is 19.9. The van der Waals surface area contributed by atoms with Crippen LogP contribution in [0.25, 0.3) is 16.9 Å². The van der Waals surface area contributed by atoms with Crippen LogP contribution in [0, 0.1) is 0 Å². The molecule has 6 heteroatoms. The molecule has 0 fully saturated rings. The van der Waals surface area contributed by atoms with E-state index in [2.05, 4.69) is 0 Å². The number of nitrogens with zero attached hydrogens (tertiary/aromatic N) is 3. The normalized spacial score (nSPS) is 12.0. The van der Waals surface area contributed by atoms with Gasteiger partial charge in [0, 0.05) is 44.6 Å². The SMILES string of the molecule is COC(CN)CC(=O)N(C)Cc1cn(-c2ccccc2)nc1-c1ccccc1. The molecule has 1 unspecified atom stereocenters. The largest absolute Gasteiger partial charge is 0.380 e. The Morgan fingerprint density at radius 1 is 1.14 bits per heavy atom. The molecular weight excluding hydrogens is 352 g/mol. The number of ether oxygens (including phenoxy) is 1. The molecule has 0 saturated carbocycles. The van der Waals surface area contributed by atoms with Crippen LogP contribution >= 0.6 is 0 Å². The molecule has 2 N–H and O–H groups in total. The second-order valence-corrected chi connectivity index (χ2v) is 6.70. The first-order valence-corrected chi connectivity index (χ1v) is 9.28. The third-order valence-electron chi connectivity index (χ3n) is 4.69. The number of carbonyl (C=O) groups is 1. The average Bonchev–Trinajstić information content (AvgIpc) is 3.16. The fourth-order valence-corrected chi connectivity index (χ4v) is 3.03. The predicted octanol–water partition coefficient (Wildman–Crippen LogP) is 2.86. The van der Waals surface area contributed by atoms with E-state index >= 15 is 0 Å². The summed E-state index contributed by atoms with van der Waals surface area (Å²) in [5.41, 5.74) is 9.48. The quantitative estimate of drug-likeness (QED) is 0.654. The molecule has 1 atom stereocenters. The highest BCUT2D eigenvalue weighted by Gasteiger charge is 2.19. The van der Waals surface area contributed by atoms with E-state index in [1.54, 1.807) is 19.1 Å². The maximum absolute atomic E-state index is 12.6.